The van der Waals surface area contributed by atoms with E-state index in [9.17, 15) is 9.00 Å². The highest BCUT2D eigenvalue weighted by atomic mass is 35.5. The molecule has 5 N–H and O–H groups in total. The van der Waals surface area contributed by atoms with Crippen molar-refractivity contribution >= 4 is 51.1 Å². The number of nitrogen functional groups attached to an aromatic ring is 1. The van der Waals surface area contributed by atoms with Gasteiger partial charge in [-0.1, -0.05) is 17.7 Å². The quantitative estimate of drug-likeness (QED) is 0.186. The number of hydrogen-bond donors (Lipinski definition) is 3. The Bertz CT molecular complexity index is 1600. The number of halogens is 1. The second-order valence-corrected chi connectivity index (χ2v) is 9.87. The molecule has 0 aliphatic heterocycles. The van der Waals surface area contributed by atoms with Crippen LogP contribution in [0.15, 0.2) is 61.7 Å². The fraction of sp³-hybridized carbons (Fsp3) is 0.192. The van der Waals surface area contributed by atoms with Crippen molar-refractivity contribution in [3.8, 4) is 11.3 Å². The molecule has 0 aliphatic rings. The second-order valence-electron chi connectivity index (χ2n) is 8.50. The summed E-state index contributed by atoms with van der Waals surface area (Å²) in [5.74, 6) is 0.451. The van der Waals surface area contributed by atoms with Crippen LogP contribution in [-0.2, 0) is 11.0 Å². The second kappa shape index (κ2) is 10.2. The van der Waals surface area contributed by atoms with Crippen LogP contribution in [0.1, 0.15) is 35.2 Å². The predicted octanol–water partition coefficient (Wildman–Crippen LogP) is 4.91. The van der Waals surface area contributed by atoms with Crippen LogP contribution in [0.4, 0.5) is 11.4 Å². The number of rotatable bonds is 6. The summed E-state index contributed by atoms with van der Waals surface area (Å²) in [7, 11) is -0.184. The van der Waals surface area contributed by atoms with Gasteiger partial charge in [0, 0.05) is 41.2 Å². The van der Waals surface area contributed by atoms with Crippen molar-refractivity contribution in [1.29, 1.82) is 0 Å². The topological polar surface area (TPSA) is 137 Å². The Morgan fingerprint density at radius 1 is 1.19 bits per heavy atom. The highest BCUT2D eigenvalue weighted by Crippen LogP contribution is 2.33. The number of nitrogens with zero attached hydrogens (tertiary/aromatic N) is 2. The summed E-state index contributed by atoms with van der Waals surface area (Å²) >= 11 is 5.97. The highest BCUT2D eigenvalue weighted by molar-refractivity contribution is 7.82. The minimum atomic E-state index is -1.85. The highest BCUT2D eigenvalue weighted by Gasteiger charge is 2.21. The molecule has 0 saturated heterocycles. The molecule has 2 heterocycles. The zero-order chi connectivity index (χ0) is 26.1. The normalized spacial score (nSPS) is 13.3. The summed E-state index contributed by atoms with van der Waals surface area (Å²) in [6.45, 7) is 5.57. The third-order valence-electron chi connectivity index (χ3n) is 5.86. The molecule has 4 aromatic rings. The monoisotopic (exact) mass is 523 g/mol. The molecule has 2 aromatic heterocycles. The molecule has 0 bridgehead atoms. The van der Waals surface area contributed by atoms with Gasteiger partial charge in [0.15, 0.2) is 10.5 Å². The van der Waals surface area contributed by atoms with Crippen LogP contribution in [0.5, 0.6) is 0 Å². The number of aryl methyl sites for hydroxylation is 1. The number of fused-ring (bicyclic) bond motifs is 1. The maximum Gasteiger partial charge on any atom is 0.196 e. The van der Waals surface area contributed by atoms with Crippen molar-refractivity contribution in [3.63, 3.8) is 0 Å². The third-order valence-corrected chi connectivity index (χ3v) is 6.77. The Morgan fingerprint density at radius 2 is 1.94 bits per heavy atom. The van der Waals surface area contributed by atoms with Gasteiger partial charge in [0.05, 0.1) is 17.1 Å². The summed E-state index contributed by atoms with van der Waals surface area (Å²) in [4.78, 5) is 21.6. The van der Waals surface area contributed by atoms with E-state index in [-0.39, 0.29) is 21.6 Å². The fourth-order valence-corrected chi connectivity index (χ4v) is 4.85. The molecule has 0 amide bonds. The van der Waals surface area contributed by atoms with Crippen LogP contribution in [0.25, 0.3) is 22.3 Å². The number of aromatic nitrogens is 1. The van der Waals surface area contributed by atoms with Crippen LogP contribution in [0.3, 0.4) is 0 Å². The Balaban J connectivity index is 1.90. The van der Waals surface area contributed by atoms with Gasteiger partial charge < -0.3 is 15.5 Å². The SMILES string of the molecule is CN=Cc1cc(-c2oc3c(C(C)Nc4ccc(Cl)nc4S(N)=O)cc(C)cc3c(=O)c2C)ccc1N. The average Bonchev–Trinajstić information content (AvgIpc) is 2.83. The molecule has 4 rings (SSSR count). The van der Waals surface area contributed by atoms with Crippen molar-refractivity contribution in [1.82, 2.24) is 4.98 Å². The lowest BCUT2D eigenvalue weighted by Gasteiger charge is -2.20. The molecule has 10 heteroatoms. The van der Waals surface area contributed by atoms with Gasteiger partial charge in [0.1, 0.15) is 27.5 Å². The van der Waals surface area contributed by atoms with Crippen molar-refractivity contribution in [2.45, 2.75) is 31.8 Å². The van der Waals surface area contributed by atoms with Crippen molar-refractivity contribution in [3.05, 3.63) is 80.1 Å². The van der Waals surface area contributed by atoms with Crippen LogP contribution in [-0.4, -0.2) is 22.5 Å². The van der Waals surface area contributed by atoms with Crippen molar-refractivity contribution in [2.75, 3.05) is 18.1 Å². The molecule has 0 saturated carbocycles. The number of benzene rings is 2. The van der Waals surface area contributed by atoms with E-state index in [2.05, 4.69) is 15.3 Å². The maximum absolute atomic E-state index is 13.5. The lowest BCUT2D eigenvalue weighted by molar-refractivity contribution is 0.605. The van der Waals surface area contributed by atoms with Crippen LogP contribution in [0.2, 0.25) is 5.15 Å². The number of hydrogen-bond acceptors (Lipinski definition) is 7. The number of nitrogens with one attached hydrogen (secondary N) is 1. The summed E-state index contributed by atoms with van der Waals surface area (Å²) < 4.78 is 18.5. The first kappa shape index (κ1) is 25.6. The van der Waals surface area contributed by atoms with E-state index in [1.54, 1.807) is 38.4 Å². The molecule has 2 atom stereocenters. The number of nitrogens with two attached hydrogens (primary N) is 2. The molecule has 0 fully saturated rings. The van der Waals surface area contributed by atoms with Gasteiger partial charge in [0.2, 0.25) is 0 Å². The zero-order valence-corrected chi connectivity index (χ0v) is 21.8. The summed E-state index contributed by atoms with van der Waals surface area (Å²) in [5.41, 5.74) is 11.0. The van der Waals surface area contributed by atoms with Gasteiger partial charge in [-0.05, 0) is 62.7 Å². The Hall–Kier alpha value is -3.53. The molecule has 0 aliphatic carbocycles. The maximum atomic E-state index is 13.5. The molecule has 186 valence electrons. The molecule has 2 aromatic carbocycles. The minimum Gasteiger partial charge on any atom is -0.455 e. The Morgan fingerprint density at radius 3 is 2.64 bits per heavy atom. The smallest absolute Gasteiger partial charge is 0.196 e. The van der Waals surface area contributed by atoms with E-state index in [1.807, 2.05) is 38.1 Å². The summed E-state index contributed by atoms with van der Waals surface area (Å²) in [6.07, 6.45) is 1.66. The molecule has 2 unspecified atom stereocenters. The van der Waals surface area contributed by atoms with E-state index < -0.39 is 11.0 Å². The zero-order valence-electron chi connectivity index (χ0n) is 20.3. The minimum absolute atomic E-state index is 0.122. The largest absolute Gasteiger partial charge is 0.455 e. The molecule has 8 nitrogen and oxygen atoms in total. The van der Waals surface area contributed by atoms with Crippen LogP contribution >= 0.6 is 11.6 Å². The fourth-order valence-electron chi connectivity index (χ4n) is 4.12. The van der Waals surface area contributed by atoms with E-state index in [1.165, 1.54) is 0 Å². The van der Waals surface area contributed by atoms with Gasteiger partial charge in [-0.2, -0.15) is 0 Å². The Labute approximate surface area is 216 Å². The lowest BCUT2D eigenvalue weighted by Crippen LogP contribution is -2.15. The number of pyridine rings is 1. The molecule has 0 radical (unpaired) electrons. The first-order valence-corrected chi connectivity index (χ1v) is 12.7. The van der Waals surface area contributed by atoms with Gasteiger partial charge in [-0.3, -0.25) is 9.79 Å². The molecule has 36 heavy (non-hydrogen) atoms. The average molecular weight is 524 g/mol. The van der Waals surface area contributed by atoms with E-state index in [4.69, 9.17) is 26.9 Å². The van der Waals surface area contributed by atoms with Gasteiger partial charge in [-0.15, -0.1) is 0 Å². The van der Waals surface area contributed by atoms with E-state index >= 15 is 0 Å². The standard InChI is InChI=1S/C26H26ClN5O3S/c1-13-9-18(15(3)31-21-7-8-22(27)32-26(21)36(29)34)25-19(10-13)23(33)14(2)24(35-25)16-5-6-20(28)17(11-16)12-30-4/h5-12,15,31H,28-29H2,1-4H3. The van der Waals surface area contributed by atoms with E-state index in [0.717, 1.165) is 16.7 Å². The number of aliphatic imine (C=N–C) groups is 1. The van der Waals surface area contributed by atoms with Gasteiger partial charge >= 0.3 is 0 Å². The van der Waals surface area contributed by atoms with Crippen LogP contribution < -0.4 is 21.6 Å². The third kappa shape index (κ3) is 4.90. The van der Waals surface area contributed by atoms with Crippen LogP contribution in [0, 0.1) is 13.8 Å². The Kier molecular flexibility index (Phi) is 7.26. The first-order chi connectivity index (χ1) is 17.1. The first-order valence-electron chi connectivity index (χ1n) is 11.1. The predicted molar refractivity (Wildman–Crippen MR) is 147 cm³/mol. The van der Waals surface area contributed by atoms with E-state index in [0.29, 0.717) is 39.2 Å². The number of anilines is 2. The molecular weight excluding hydrogens is 498 g/mol. The lowest BCUT2D eigenvalue weighted by atomic mass is 9.98. The summed E-state index contributed by atoms with van der Waals surface area (Å²) in [5, 5.41) is 9.70. The van der Waals surface area contributed by atoms with Gasteiger partial charge in [0.25, 0.3) is 0 Å². The summed E-state index contributed by atoms with van der Waals surface area (Å²) in [6, 6.07) is 12.1. The molecule has 0 spiro atoms. The van der Waals surface area contributed by atoms with Crippen molar-refractivity contribution in [2.24, 2.45) is 10.1 Å². The molecular formula is C26H26ClN5O3S. The van der Waals surface area contributed by atoms with Crippen molar-refractivity contribution < 1.29 is 8.63 Å². The van der Waals surface area contributed by atoms with Gasteiger partial charge in [-0.25, -0.2) is 14.3 Å².